The van der Waals surface area contributed by atoms with Gasteiger partial charge in [0.25, 0.3) is 5.91 Å². The SMILES string of the molecule is COCC(CNC(=O)c1cccc(/C=C/C(=O)O)c1)OC. The summed E-state index contributed by atoms with van der Waals surface area (Å²) in [5.74, 6) is -1.29. The Hall–Kier alpha value is -2.18. The molecule has 0 aliphatic heterocycles. The van der Waals surface area contributed by atoms with Crippen LogP contribution in [0.1, 0.15) is 15.9 Å². The van der Waals surface area contributed by atoms with Crippen LogP contribution in [0, 0.1) is 0 Å². The number of carbonyl (C=O) groups excluding carboxylic acids is 1. The van der Waals surface area contributed by atoms with Crippen LogP contribution in [0.2, 0.25) is 0 Å². The zero-order valence-corrected chi connectivity index (χ0v) is 12.0. The topological polar surface area (TPSA) is 84.9 Å². The summed E-state index contributed by atoms with van der Waals surface area (Å²) in [5.41, 5.74) is 1.10. The molecule has 0 saturated heterocycles. The van der Waals surface area contributed by atoms with Gasteiger partial charge in [-0.05, 0) is 23.8 Å². The van der Waals surface area contributed by atoms with Crippen molar-refractivity contribution in [2.24, 2.45) is 0 Å². The van der Waals surface area contributed by atoms with Crippen molar-refractivity contribution >= 4 is 18.0 Å². The third-order valence-electron chi connectivity index (χ3n) is 2.74. The van der Waals surface area contributed by atoms with Crippen LogP contribution in [-0.4, -0.2) is 50.5 Å². The van der Waals surface area contributed by atoms with E-state index in [2.05, 4.69) is 5.32 Å². The molecule has 0 radical (unpaired) electrons. The molecule has 1 rings (SSSR count). The normalized spacial score (nSPS) is 12.3. The Bertz CT molecular complexity index is 513. The number of amides is 1. The van der Waals surface area contributed by atoms with E-state index in [0.717, 1.165) is 6.08 Å². The van der Waals surface area contributed by atoms with Gasteiger partial charge in [-0.3, -0.25) is 4.79 Å². The number of methoxy groups -OCH3 is 2. The van der Waals surface area contributed by atoms with Gasteiger partial charge in [0.2, 0.25) is 0 Å². The van der Waals surface area contributed by atoms with Crippen molar-refractivity contribution in [1.82, 2.24) is 5.32 Å². The molecule has 0 fully saturated rings. The highest BCUT2D eigenvalue weighted by molar-refractivity contribution is 5.95. The Morgan fingerprint density at radius 1 is 1.38 bits per heavy atom. The third kappa shape index (κ3) is 6.20. The molecular formula is C15H19NO5. The fourth-order valence-corrected chi connectivity index (χ4v) is 1.66. The standard InChI is InChI=1S/C15H19NO5/c1-20-10-13(21-2)9-16-15(19)12-5-3-4-11(8-12)6-7-14(17)18/h3-8,13H,9-10H2,1-2H3,(H,16,19)(H,17,18)/b7-6+. The number of hydrogen-bond acceptors (Lipinski definition) is 4. The maximum atomic E-state index is 12.0. The summed E-state index contributed by atoms with van der Waals surface area (Å²) >= 11 is 0. The molecule has 0 aliphatic carbocycles. The number of hydrogen-bond donors (Lipinski definition) is 2. The first kappa shape index (κ1) is 16.9. The quantitative estimate of drug-likeness (QED) is 0.703. The lowest BCUT2D eigenvalue weighted by Crippen LogP contribution is -2.35. The molecule has 0 heterocycles. The Labute approximate surface area is 123 Å². The fourth-order valence-electron chi connectivity index (χ4n) is 1.66. The summed E-state index contributed by atoms with van der Waals surface area (Å²) in [6.07, 6.45) is 2.24. The van der Waals surface area contributed by atoms with Gasteiger partial charge in [-0.1, -0.05) is 12.1 Å². The Morgan fingerprint density at radius 2 is 2.14 bits per heavy atom. The molecule has 1 aromatic carbocycles. The molecule has 1 aromatic rings. The van der Waals surface area contributed by atoms with Gasteiger partial charge in [-0.25, -0.2) is 4.79 Å². The van der Waals surface area contributed by atoms with Crippen LogP contribution in [0.3, 0.4) is 0 Å². The molecule has 1 amide bonds. The molecule has 1 atom stereocenters. The minimum atomic E-state index is -1.03. The van der Waals surface area contributed by atoms with Crippen LogP contribution < -0.4 is 5.32 Å². The highest BCUT2D eigenvalue weighted by atomic mass is 16.5. The Kier molecular flexibility index (Phi) is 7.14. The monoisotopic (exact) mass is 293 g/mol. The van der Waals surface area contributed by atoms with Gasteiger partial charge in [0.15, 0.2) is 0 Å². The van der Waals surface area contributed by atoms with E-state index in [4.69, 9.17) is 14.6 Å². The van der Waals surface area contributed by atoms with E-state index in [1.807, 2.05) is 0 Å². The summed E-state index contributed by atoms with van der Waals surface area (Å²) in [7, 11) is 3.11. The number of benzene rings is 1. The van der Waals surface area contributed by atoms with Gasteiger partial charge in [-0.15, -0.1) is 0 Å². The first-order chi connectivity index (χ1) is 10.1. The van der Waals surface area contributed by atoms with Crippen LogP contribution >= 0.6 is 0 Å². The highest BCUT2D eigenvalue weighted by Gasteiger charge is 2.10. The molecule has 0 spiro atoms. The average Bonchev–Trinajstić information content (AvgIpc) is 2.49. The predicted octanol–water partition coefficient (Wildman–Crippen LogP) is 1.18. The van der Waals surface area contributed by atoms with Crippen molar-refractivity contribution < 1.29 is 24.2 Å². The van der Waals surface area contributed by atoms with E-state index in [-0.39, 0.29) is 12.0 Å². The van der Waals surface area contributed by atoms with Crippen LogP contribution in [0.25, 0.3) is 6.08 Å². The molecule has 1 unspecified atom stereocenters. The maximum Gasteiger partial charge on any atom is 0.328 e. The molecule has 0 bridgehead atoms. The fraction of sp³-hybridized carbons (Fsp3) is 0.333. The van der Waals surface area contributed by atoms with Gasteiger partial charge in [0, 0.05) is 32.4 Å². The van der Waals surface area contributed by atoms with Gasteiger partial charge in [0.1, 0.15) is 0 Å². The third-order valence-corrected chi connectivity index (χ3v) is 2.74. The molecule has 2 N–H and O–H groups in total. The zero-order chi connectivity index (χ0) is 15.7. The average molecular weight is 293 g/mol. The van der Waals surface area contributed by atoms with Crippen LogP contribution in [0.15, 0.2) is 30.3 Å². The largest absolute Gasteiger partial charge is 0.478 e. The van der Waals surface area contributed by atoms with E-state index >= 15 is 0 Å². The number of aliphatic carboxylic acids is 1. The molecule has 0 aliphatic rings. The summed E-state index contributed by atoms with van der Waals surface area (Å²) in [6.45, 7) is 0.719. The number of rotatable bonds is 8. The number of carboxylic acid groups (broad SMARTS) is 1. The van der Waals surface area contributed by atoms with Gasteiger partial charge >= 0.3 is 5.97 Å². The molecule has 0 saturated carbocycles. The highest BCUT2D eigenvalue weighted by Crippen LogP contribution is 2.07. The number of carboxylic acids is 1. The Balaban J connectivity index is 2.65. The smallest absolute Gasteiger partial charge is 0.328 e. The van der Waals surface area contributed by atoms with Crippen LogP contribution in [0.4, 0.5) is 0 Å². The lowest BCUT2D eigenvalue weighted by molar-refractivity contribution is -0.131. The molecule has 114 valence electrons. The van der Waals surface area contributed by atoms with Crippen LogP contribution in [-0.2, 0) is 14.3 Å². The maximum absolute atomic E-state index is 12.0. The predicted molar refractivity (Wildman–Crippen MR) is 78.1 cm³/mol. The second-order valence-electron chi connectivity index (χ2n) is 4.32. The molecule has 21 heavy (non-hydrogen) atoms. The van der Waals surface area contributed by atoms with E-state index in [0.29, 0.717) is 24.3 Å². The molecule has 6 heteroatoms. The molecule has 0 aromatic heterocycles. The number of ether oxygens (including phenoxy) is 2. The van der Waals surface area contributed by atoms with Crippen molar-refractivity contribution in [3.63, 3.8) is 0 Å². The van der Waals surface area contributed by atoms with Crippen molar-refractivity contribution in [2.45, 2.75) is 6.10 Å². The van der Waals surface area contributed by atoms with Crippen molar-refractivity contribution in [3.05, 3.63) is 41.5 Å². The van der Waals surface area contributed by atoms with E-state index in [1.54, 1.807) is 38.5 Å². The summed E-state index contributed by atoms with van der Waals surface area (Å²) in [6, 6.07) is 6.69. The summed E-state index contributed by atoms with van der Waals surface area (Å²) in [4.78, 5) is 22.5. The second kappa shape index (κ2) is 8.89. The summed E-state index contributed by atoms with van der Waals surface area (Å²) in [5, 5.41) is 11.3. The zero-order valence-electron chi connectivity index (χ0n) is 12.0. The lowest BCUT2D eigenvalue weighted by atomic mass is 10.1. The second-order valence-corrected chi connectivity index (χ2v) is 4.32. The number of nitrogens with one attached hydrogen (secondary N) is 1. The van der Waals surface area contributed by atoms with E-state index < -0.39 is 5.97 Å². The first-order valence-corrected chi connectivity index (χ1v) is 6.37. The van der Waals surface area contributed by atoms with Gasteiger partial charge in [0.05, 0.1) is 12.7 Å². The van der Waals surface area contributed by atoms with E-state index in [1.165, 1.54) is 6.08 Å². The Morgan fingerprint density at radius 3 is 2.76 bits per heavy atom. The van der Waals surface area contributed by atoms with Crippen LogP contribution in [0.5, 0.6) is 0 Å². The van der Waals surface area contributed by atoms with Crippen molar-refractivity contribution in [3.8, 4) is 0 Å². The van der Waals surface area contributed by atoms with Crippen molar-refractivity contribution in [2.75, 3.05) is 27.4 Å². The first-order valence-electron chi connectivity index (χ1n) is 6.37. The number of carbonyl (C=O) groups is 2. The van der Waals surface area contributed by atoms with Gasteiger partial charge < -0.3 is 19.9 Å². The minimum Gasteiger partial charge on any atom is -0.478 e. The summed E-state index contributed by atoms with van der Waals surface area (Å²) < 4.78 is 10.1. The van der Waals surface area contributed by atoms with Crippen molar-refractivity contribution in [1.29, 1.82) is 0 Å². The molecule has 6 nitrogen and oxygen atoms in total. The van der Waals surface area contributed by atoms with E-state index in [9.17, 15) is 9.59 Å². The lowest BCUT2D eigenvalue weighted by Gasteiger charge is -2.15. The van der Waals surface area contributed by atoms with Gasteiger partial charge in [-0.2, -0.15) is 0 Å². The molecular weight excluding hydrogens is 274 g/mol. The minimum absolute atomic E-state index is 0.214.